The molecule has 0 bridgehead atoms. The maximum Gasteiger partial charge on any atom is 0.0484 e. The molecule has 2 nitrogen and oxygen atoms in total. The van der Waals surface area contributed by atoms with Crippen molar-refractivity contribution in [2.45, 2.75) is 26.4 Å². The van der Waals surface area contributed by atoms with Crippen molar-refractivity contribution in [2.24, 2.45) is 11.7 Å². The molecule has 0 amide bonds. The van der Waals surface area contributed by atoms with Crippen molar-refractivity contribution in [3.05, 3.63) is 59.2 Å². The SMILES string of the molecule is CC(C)C(N)c1ccn(Cc2csc3ccccc23)c1. The molecule has 2 N–H and O–H groups in total. The largest absolute Gasteiger partial charge is 0.350 e. The lowest BCUT2D eigenvalue weighted by atomic mass is 10.00. The van der Waals surface area contributed by atoms with Gasteiger partial charge in [0.2, 0.25) is 0 Å². The lowest BCUT2D eigenvalue weighted by molar-refractivity contribution is 0.513. The van der Waals surface area contributed by atoms with Crippen molar-refractivity contribution in [3.8, 4) is 0 Å². The summed E-state index contributed by atoms with van der Waals surface area (Å²) >= 11 is 1.81. The standard InChI is InChI=1S/C17H20N2S/c1-12(2)17(18)13-7-8-19(9-13)10-14-11-20-16-6-4-3-5-15(14)16/h3-9,11-12,17H,10,18H2,1-2H3. The third-order valence-electron chi connectivity index (χ3n) is 3.79. The van der Waals surface area contributed by atoms with Crippen LogP contribution in [0.15, 0.2) is 48.1 Å². The van der Waals surface area contributed by atoms with E-state index in [1.165, 1.54) is 21.2 Å². The Bertz CT molecular complexity index is 708. The molecule has 1 aromatic carbocycles. The van der Waals surface area contributed by atoms with Crippen molar-refractivity contribution >= 4 is 21.4 Å². The molecule has 0 radical (unpaired) electrons. The van der Waals surface area contributed by atoms with Crippen LogP contribution in [0.3, 0.4) is 0 Å². The van der Waals surface area contributed by atoms with E-state index in [1.54, 1.807) is 0 Å². The average molecular weight is 284 g/mol. The normalized spacial score (nSPS) is 13.2. The van der Waals surface area contributed by atoms with Crippen LogP contribution in [0.4, 0.5) is 0 Å². The van der Waals surface area contributed by atoms with Crippen molar-refractivity contribution in [3.63, 3.8) is 0 Å². The molecule has 0 aliphatic heterocycles. The Hall–Kier alpha value is -1.58. The molecule has 104 valence electrons. The highest BCUT2D eigenvalue weighted by molar-refractivity contribution is 7.17. The van der Waals surface area contributed by atoms with Crippen molar-refractivity contribution < 1.29 is 0 Å². The average Bonchev–Trinajstić information content (AvgIpc) is 3.06. The van der Waals surface area contributed by atoms with E-state index in [2.05, 4.69) is 66.5 Å². The molecule has 1 unspecified atom stereocenters. The first kappa shape index (κ1) is 13.4. The third-order valence-corrected chi connectivity index (χ3v) is 4.80. The number of hydrogen-bond donors (Lipinski definition) is 1. The van der Waals surface area contributed by atoms with Gasteiger partial charge in [-0.05, 0) is 39.9 Å². The van der Waals surface area contributed by atoms with Gasteiger partial charge in [0.05, 0.1) is 0 Å². The van der Waals surface area contributed by atoms with E-state index < -0.39 is 0 Å². The highest BCUT2D eigenvalue weighted by Crippen LogP contribution is 2.27. The Morgan fingerprint density at radius 2 is 2.00 bits per heavy atom. The van der Waals surface area contributed by atoms with Crippen LogP contribution in [0.25, 0.3) is 10.1 Å². The van der Waals surface area contributed by atoms with Crippen LogP contribution in [0, 0.1) is 5.92 Å². The second-order valence-corrected chi connectivity index (χ2v) is 6.56. The van der Waals surface area contributed by atoms with Gasteiger partial charge in [-0.25, -0.2) is 0 Å². The van der Waals surface area contributed by atoms with Gasteiger partial charge in [0, 0.05) is 29.7 Å². The van der Waals surface area contributed by atoms with Crippen LogP contribution >= 0.6 is 11.3 Å². The van der Waals surface area contributed by atoms with E-state index in [4.69, 9.17) is 5.73 Å². The van der Waals surface area contributed by atoms with Gasteiger partial charge in [0.15, 0.2) is 0 Å². The van der Waals surface area contributed by atoms with E-state index in [-0.39, 0.29) is 6.04 Å². The van der Waals surface area contributed by atoms with Crippen LogP contribution in [0.5, 0.6) is 0 Å². The maximum absolute atomic E-state index is 6.20. The summed E-state index contributed by atoms with van der Waals surface area (Å²) in [6, 6.07) is 10.8. The molecule has 3 heteroatoms. The molecular formula is C17H20N2S. The molecule has 1 atom stereocenters. The summed E-state index contributed by atoms with van der Waals surface area (Å²) < 4.78 is 3.58. The summed E-state index contributed by atoms with van der Waals surface area (Å²) in [5, 5.41) is 3.62. The van der Waals surface area contributed by atoms with E-state index in [1.807, 2.05) is 11.3 Å². The molecule has 2 aromatic heterocycles. The number of rotatable bonds is 4. The first-order chi connectivity index (χ1) is 9.65. The summed E-state index contributed by atoms with van der Waals surface area (Å²) in [5.74, 6) is 0.466. The second-order valence-electron chi connectivity index (χ2n) is 5.64. The van der Waals surface area contributed by atoms with Gasteiger partial charge in [0.25, 0.3) is 0 Å². The first-order valence-electron chi connectivity index (χ1n) is 7.01. The predicted molar refractivity (Wildman–Crippen MR) is 87.1 cm³/mol. The van der Waals surface area contributed by atoms with E-state index in [9.17, 15) is 0 Å². The highest BCUT2D eigenvalue weighted by atomic mass is 32.1. The molecule has 2 heterocycles. The summed E-state index contributed by atoms with van der Waals surface area (Å²) in [6.07, 6.45) is 4.31. The number of benzene rings is 1. The minimum Gasteiger partial charge on any atom is -0.350 e. The molecule has 3 rings (SSSR count). The Balaban J connectivity index is 1.85. The van der Waals surface area contributed by atoms with Crippen molar-refractivity contribution in [1.82, 2.24) is 4.57 Å². The summed E-state index contributed by atoms with van der Waals surface area (Å²) in [4.78, 5) is 0. The summed E-state index contributed by atoms with van der Waals surface area (Å²) in [6.45, 7) is 5.23. The maximum atomic E-state index is 6.20. The van der Waals surface area contributed by atoms with Crippen LogP contribution in [-0.4, -0.2) is 4.57 Å². The van der Waals surface area contributed by atoms with E-state index in [0.29, 0.717) is 5.92 Å². The molecule has 0 aliphatic rings. The van der Waals surface area contributed by atoms with Crippen LogP contribution in [-0.2, 0) is 6.54 Å². The lowest BCUT2D eigenvalue weighted by Gasteiger charge is -2.13. The fourth-order valence-corrected chi connectivity index (χ4v) is 3.45. The monoisotopic (exact) mass is 284 g/mol. The van der Waals surface area contributed by atoms with Crippen LogP contribution < -0.4 is 5.73 Å². The van der Waals surface area contributed by atoms with Gasteiger partial charge in [-0.1, -0.05) is 32.0 Å². The van der Waals surface area contributed by atoms with Crippen LogP contribution in [0.1, 0.15) is 31.0 Å². The van der Waals surface area contributed by atoms with E-state index in [0.717, 1.165) is 6.54 Å². The zero-order valence-electron chi connectivity index (χ0n) is 11.9. The molecule has 0 spiro atoms. The molecule has 0 fully saturated rings. The quantitative estimate of drug-likeness (QED) is 0.756. The second kappa shape index (κ2) is 5.43. The zero-order valence-corrected chi connectivity index (χ0v) is 12.7. The molecule has 3 aromatic rings. The van der Waals surface area contributed by atoms with E-state index >= 15 is 0 Å². The lowest BCUT2D eigenvalue weighted by Crippen LogP contribution is -2.15. The Labute approximate surface area is 123 Å². The Morgan fingerprint density at radius 3 is 2.80 bits per heavy atom. The smallest absolute Gasteiger partial charge is 0.0484 e. The number of nitrogens with zero attached hydrogens (tertiary/aromatic N) is 1. The number of aromatic nitrogens is 1. The minimum absolute atomic E-state index is 0.121. The Kier molecular flexibility index (Phi) is 3.64. The molecule has 0 saturated carbocycles. The third kappa shape index (κ3) is 2.51. The molecule has 0 saturated heterocycles. The van der Waals surface area contributed by atoms with Crippen LogP contribution in [0.2, 0.25) is 0 Å². The van der Waals surface area contributed by atoms with Gasteiger partial charge in [0.1, 0.15) is 0 Å². The zero-order chi connectivity index (χ0) is 14.1. The van der Waals surface area contributed by atoms with Crippen molar-refractivity contribution in [2.75, 3.05) is 0 Å². The predicted octanol–water partition coefficient (Wildman–Crippen LogP) is 4.41. The topological polar surface area (TPSA) is 30.9 Å². The number of hydrogen-bond acceptors (Lipinski definition) is 2. The summed E-state index contributed by atoms with van der Waals surface area (Å²) in [7, 11) is 0. The number of thiophene rings is 1. The first-order valence-corrected chi connectivity index (χ1v) is 7.89. The van der Waals surface area contributed by atoms with Gasteiger partial charge < -0.3 is 10.3 Å². The molecule has 0 aliphatic carbocycles. The number of fused-ring (bicyclic) bond motifs is 1. The summed E-state index contributed by atoms with van der Waals surface area (Å²) in [5.41, 5.74) is 8.81. The molecule has 20 heavy (non-hydrogen) atoms. The Morgan fingerprint density at radius 1 is 1.20 bits per heavy atom. The van der Waals surface area contributed by atoms with Gasteiger partial charge >= 0.3 is 0 Å². The minimum atomic E-state index is 0.121. The number of nitrogens with two attached hydrogens (primary N) is 1. The van der Waals surface area contributed by atoms with Gasteiger partial charge in [-0.3, -0.25) is 0 Å². The van der Waals surface area contributed by atoms with Crippen molar-refractivity contribution in [1.29, 1.82) is 0 Å². The van der Waals surface area contributed by atoms with Gasteiger partial charge in [-0.15, -0.1) is 11.3 Å². The fourth-order valence-electron chi connectivity index (χ4n) is 2.49. The highest BCUT2D eigenvalue weighted by Gasteiger charge is 2.12. The van der Waals surface area contributed by atoms with Gasteiger partial charge in [-0.2, -0.15) is 0 Å². The molecular weight excluding hydrogens is 264 g/mol. The fraction of sp³-hybridized carbons (Fsp3) is 0.294.